The number of carbonyl (C=O) groups excluding carboxylic acids is 2. The second-order valence-corrected chi connectivity index (χ2v) is 10.2. The number of benzene rings is 2. The molecule has 6 nitrogen and oxygen atoms in total. The highest BCUT2D eigenvalue weighted by Gasteiger charge is 2.32. The maximum atomic E-state index is 14.0. The van der Waals surface area contributed by atoms with Crippen molar-refractivity contribution >= 4 is 33.7 Å². The molecule has 0 fully saturated rings. The number of hydrogen-bond donors (Lipinski definition) is 0. The summed E-state index contributed by atoms with van der Waals surface area (Å²) in [6.45, 7) is 6.53. The zero-order valence-electron chi connectivity index (χ0n) is 21.6. The van der Waals surface area contributed by atoms with Gasteiger partial charge in [0.1, 0.15) is 0 Å². The van der Waals surface area contributed by atoms with Gasteiger partial charge in [0.15, 0.2) is 6.10 Å². The minimum absolute atomic E-state index is 0.155. The first-order chi connectivity index (χ1) is 18.1. The van der Waals surface area contributed by atoms with Gasteiger partial charge in [0.25, 0.3) is 5.91 Å². The van der Waals surface area contributed by atoms with Crippen LogP contribution in [0.5, 0.6) is 0 Å². The molecule has 2 aromatic heterocycles. The normalized spacial score (nSPS) is 16.4. The summed E-state index contributed by atoms with van der Waals surface area (Å²) in [6, 6.07) is 15.9. The topological polar surface area (TPSA) is 64.4 Å². The second kappa shape index (κ2) is 9.75. The maximum absolute atomic E-state index is 14.0. The van der Waals surface area contributed by atoms with Crippen molar-refractivity contribution in [2.75, 3.05) is 13.1 Å². The van der Waals surface area contributed by atoms with E-state index < -0.39 is 12.1 Å². The fraction of sp³-hybridized carbons (Fsp3) is 0.387. The minimum Gasteiger partial charge on any atom is -0.449 e. The number of likely N-dealkylation sites (N-methyl/N-ethyl adjacent to an activating group) is 1. The zero-order chi connectivity index (χ0) is 25.5. The van der Waals surface area contributed by atoms with Crippen LogP contribution in [-0.4, -0.2) is 45.5 Å². The first-order valence-electron chi connectivity index (χ1n) is 13.6. The summed E-state index contributed by atoms with van der Waals surface area (Å²) >= 11 is 0. The van der Waals surface area contributed by atoms with Crippen molar-refractivity contribution in [1.82, 2.24) is 14.5 Å². The fourth-order valence-electron chi connectivity index (χ4n) is 6.14. The van der Waals surface area contributed by atoms with Gasteiger partial charge in [-0.2, -0.15) is 0 Å². The molecule has 0 N–H and O–H groups in total. The van der Waals surface area contributed by atoms with Crippen molar-refractivity contribution in [2.24, 2.45) is 0 Å². The van der Waals surface area contributed by atoms with Gasteiger partial charge in [-0.3, -0.25) is 19.2 Å². The average molecular weight is 496 g/mol. The van der Waals surface area contributed by atoms with E-state index in [-0.39, 0.29) is 5.91 Å². The molecule has 0 saturated carbocycles. The molecule has 190 valence electrons. The first-order valence-corrected chi connectivity index (χ1v) is 13.6. The molecule has 6 heteroatoms. The largest absolute Gasteiger partial charge is 0.449 e. The lowest BCUT2D eigenvalue weighted by atomic mass is 9.95. The Morgan fingerprint density at radius 1 is 0.946 bits per heavy atom. The maximum Gasteiger partial charge on any atom is 0.340 e. The summed E-state index contributed by atoms with van der Waals surface area (Å²) in [4.78, 5) is 35.1. The third kappa shape index (κ3) is 4.04. The van der Waals surface area contributed by atoms with Gasteiger partial charge in [-0.05, 0) is 56.3 Å². The number of carbonyl (C=O) groups is 2. The van der Waals surface area contributed by atoms with Gasteiger partial charge >= 0.3 is 5.97 Å². The fourth-order valence-corrected chi connectivity index (χ4v) is 6.14. The molecule has 2 aromatic carbocycles. The molecular weight excluding hydrogens is 462 g/mol. The highest BCUT2D eigenvalue weighted by molar-refractivity contribution is 6.06. The van der Waals surface area contributed by atoms with E-state index in [0.717, 1.165) is 84.0 Å². The van der Waals surface area contributed by atoms with Crippen LogP contribution in [0, 0.1) is 0 Å². The summed E-state index contributed by atoms with van der Waals surface area (Å²) < 4.78 is 7.94. The van der Waals surface area contributed by atoms with Crippen molar-refractivity contribution in [3.8, 4) is 0 Å². The average Bonchev–Trinajstić information content (AvgIpc) is 3.28. The number of esters is 1. The number of nitrogens with zero attached hydrogens (tertiary/aromatic N) is 3. The van der Waals surface area contributed by atoms with Crippen molar-refractivity contribution < 1.29 is 14.3 Å². The Morgan fingerprint density at radius 3 is 2.51 bits per heavy atom. The molecule has 37 heavy (non-hydrogen) atoms. The Kier molecular flexibility index (Phi) is 6.29. The smallest absolute Gasteiger partial charge is 0.340 e. The highest BCUT2D eigenvalue weighted by atomic mass is 16.5. The molecule has 1 atom stereocenters. The Balaban J connectivity index is 1.40. The lowest BCUT2D eigenvalue weighted by Crippen LogP contribution is -2.35. The van der Waals surface area contributed by atoms with Gasteiger partial charge in [0.05, 0.1) is 16.6 Å². The molecular formula is C31H33N3O3. The number of fused-ring (bicyclic) bond motifs is 5. The predicted octanol–water partition coefficient (Wildman–Crippen LogP) is 5.72. The van der Waals surface area contributed by atoms with E-state index in [1.807, 2.05) is 54.0 Å². The lowest BCUT2D eigenvalue weighted by Gasteiger charge is -2.29. The van der Waals surface area contributed by atoms with Crippen molar-refractivity contribution in [1.29, 1.82) is 0 Å². The molecule has 0 amide bonds. The molecule has 0 spiro atoms. The number of pyridine rings is 1. The molecule has 2 aliphatic rings. The summed E-state index contributed by atoms with van der Waals surface area (Å²) in [7, 11) is 0. The van der Waals surface area contributed by atoms with Crippen LogP contribution in [-0.2, 0) is 30.5 Å². The summed E-state index contributed by atoms with van der Waals surface area (Å²) in [5.74, 6) is -0.587. The lowest BCUT2D eigenvalue weighted by molar-refractivity contribution is 0.0241. The van der Waals surface area contributed by atoms with Crippen LogP contribution in [0.2, 0.25) is 0 Å². The molecule has 3 heterocycles. The van der Waals surface area contributed by atoms with Crippen molar-refractivity contribution in [3.63, 3.8) is 0 Å². The monoisotopic (exact) mass is 495 g/mol. The zero-order valence-corrected chi connectivity index (χ0v) is 21.6. The number of hydrogen-bond acceptors (Lipinski definition) is 5. The molecule has 1 aliphatic carbocycles. The molecule has 4 aromatic rings. The number of ether oxygens (including phenoxy) is 1. The molecule has 0 saturated heterocycles. The van der Waals surface area contributed by atoms with E-state index in [4.69, 9.17) is 9.72 Å². The standard InChI is InChI=1S/C31H33N3O3/c1-3-28(30(35)34-26-15-9-6-11-20(26)21-12-7-10-16-27(21)34)37-31(36)29-22-13-5-8-14-24(22)32-25-17-18-33(4-2)19-23(25)29/h5-6,8-9,11,13-15,28H,3-4,7,10,12,16-19H2,1-2H3. The van der Waals surface area contributed by atoms with E-state index in [9.17, 15) is 9.59 Å². The van der Waals surface area contributed by atoms with Gasteiger partial charge in [-0.1, -0.05) is 50.2 Å². The van der Waals surface area contributed by atoms with Gasteiger partial charge < -0.3 is 4.74 Å². The van der Waals surface area contributed by atoms with Gasteiger partial charge in [-0.25, -0.2) is 4.79 Å². The number of aryl methyl sites for hydroxylation is 1. The van der Waals surface area contributed by atoms with Crippen LogP contribution in [0.3, 0.4) is 0 Å². The second-order valence-electron chi connectivity index (χ2n) is 10.2. The third-order valence-electron chi connectivity index (χ3n) is 8.07. The van der Waals surface area contributed by atoms with Crippen molar-refractivity contribution in [3.05, 3.63) is 76.6 Å². The number of rotatable bonds is 5. The summed E-state index contributed by atoms with van der Waals surface area (Å²) in [5.41, 5.74) is 6.51. The van der Waals surface area contributed by atoms with Crippen LogP contribution in [0.25, 0.3) is 21.8 Å². The number of aromatic nitrogens is 2. The van der Waals surface area contributed by atoms with Crippen molar-refractivity contribution in [2.45, 2.75) is 65.0 Å². The predicted molar refractivity (Wildman–Crippen MR) is 145 cm³/mol. The van der Waals surface area contributed by atoms with Gasteiger partial charge in [0, 0.05) is 47.2 Å². The summed E-state index contributed by atoms with van der Waals surface area (Å²) in [6.07, 6.45) is 4.41. The van der Waals surface area contributed by atoms with Crippen LogP contribution in [0.4, 0.5) is 0 Å². The minimum atomic E-state index is -0.859. The molecule has 0 bridgehead atoms. The molecule has 1 unspecified atom stereocenters. The Labute approximate surface area is 217 Å². The SMILES string of the molecule is CCC(OC(=O)c1c2c(nc3ccccc13)CCN(CC)C2)C(=O)n1c2c(c3ccccc31)CCCC2. The first kappa shape index (κ1) is 23.9. The molecule has 1 aliphatic heterocycles. The molecule has 6 rings (SSSR count). The van der Waals surface area contributed by atoms with E-state index in [1.54, 1.807) is 0 Å². The van der Waals surface area contributed by atoms with E-state index in [1.165, 1.54) is 5.56 Å². The van der Waals surface area contributed by atoms with Gasteiger partial charge in [0.2, 0.25) is 0 Å². The number of para-hydroxylation sites is 2. The molecule has 0 radical (unpaired) electrons. The Hall–Kier alpha value is -3.51. The van der Waals surface area contributed by atoms with E-state index in [0.29, 0.717) is 18.5 Å². The third-order valence-corrected chi connectivity index (χ3v) is 8.07. The quantitative estimate of drug-likeness (QED) is 0.331. The van der Waals surface area contributed by atoms with E-state index in [2.05, 4.69) is 17.9 Å². The highest BCUT2D eigenvalue weighted by Crippen LogP contribution is 2.33. The summed E-state index contributed by atoms with van der Waals surface area (Å²) in [5, 5.41) is 1.93. The van der Waals surface area contributed by atoms with Crippen LogP contribution < -0.4 is 0 Å². The Morgan fingerprint density at radius 2 is 1.70 bits per heavy atom. The Bertz CT molecular complexity index is 1520. The van der Waals surface area contributed by atoms with Gasteiger partial charge in [-0.15, -0.1) is 0 Å². The van der Waals surface area contributed by atoms with Crippen LogP contribution in [0.1, 0.15) is 70.8 Å². The van der Waals surface area contributed by atoms with Crippen LogP contribution >= 0.6 is 0 Å². The van der Waals surface area contributed by atoms with E-state index >= 15 is 0 Å². The van der Waals surface area contributed by atoms with Crippen LogP contribution in [0.15, 0.2) is 48.5 Å².